The monoisotopic (exact) mass is 649 g/mol. The van der Waals surface area contributed by atoms with E-state index in [9.17, 15) is 0 Å². The third-order valence-electron chi connectivity index (χ3n) is 7.40. The fourth-order valence-corrected chi connectivity index (χ4v) is 7.15. The van der Waals surface area contributed by atoms with Gasteiger partial charge in [-0.2, -0.15) is 0 Å². The summed E-state index contributed by atoms with van der Waals surface area (Å²) in [5, 5.41) is 0. The van der Waals surface area contributed by atoms with E-state index < -0.39 is 0 Å². The van der Waals surface area contributed by atoms with Gasteiger partial charge in [0.1, 0.15) is 0 Å². The molecule has 0 aliphatic carbocycles. The molecule has 1 heterocycles. The van der Waals surface area contributed by atoms with Gasteiger partial charge in [-0.3, -0.25) is 0 Å². The molecule has 4 rings (SSSR count). The SMILES string of the molecule is CC(C)c1cccc(C(C)C)c1N1CCN(c2c(C(C)C)cccc2C(C)C)[C]1=[Pd][Cl].CC=Cc1ccccc1. The standard InChI is InChI=1S/C27H38N2.C9H10.ClH.Pd/c1-18(2)22-11-9-12-23(19(3)4)26(22)28-15-16-29(17-28)27-24(20(5)6)13-10-14-25(27)21(7)8;1-2-6-9-7-4-3-5-8-9;;/h9-14,18-21H,15-16H2,1-8H3;2-8H,1H3;1H;/q;;;+1/p-1. The van der Waals surface area contributed by atoms with Crippen molar-refractivity contribution in [2.75, 3.05) is 22.9 Å². The molecule has 0 saturated carbocycles. The zero-order chi connectivity index (χ0) is 29.4. The average molecular weight is 651 g/mol. The molecule has 3 aromatic carbocycles. The van der Waals surface area contributed by atoms with Crippen LogP contribution in [0.2, 0.25) is 0 Å². The number of hydrogen-bond acceptors (Lipinski definition) is 2. The summed E-state index contributed by atoms with van der Waals surface area (Å²) >= 11 is -0.00384. The van der Waals surface area contributed by atoms with E-state index >= 15 is 0 Å². The fourth-order valence-electron chi connectivity index (χ4n) is 5.38. The van der Waals surface area contributed by atoms with E-state index in [2.05, 4.69) is 120 Å². The Labute approximate surface area is 256 Å². The minimum Gasteiger partial charge on any atom is -0.0871 e. The largest absolute Gasteiger partial charge is 0.0871 e. The van der Waals surface area contributed by atoms with Crippen LogP contribution >= 0.6 is 9.53 Å². The molecular formula is C36H48ClN2Pd. The van der Waals surface area contributed by atoms with E-state index in [4.69, 9.17) is 9.53 Å². The van der Waals surface area contributed by atoms with Crippen LogP contribution in [-0.2, 0) is 16.5 Å². The summed E-state index contributed by atoms with van der Waals surface area (Å²) in [5.74, 6) is 1.89. The number of rotatable bonds is 7. The average Bonchev–Trinajstić information content (AvgIpc) is 3.36. The van der Waals surface area contributed by atoms with Gasteiger partial charge in [-0.25, -0.2) is 0 Å². The van der Waals surface area contributed by atoms with Gasteiger partial charge in [-0.05, 0) is 12.5 Å². The number of halogens is 1. The van der Waals surface area contributed by atoms with Crippen LogP contribution in [0.25, 0.3) is 6.08 Å². The second-order valence-corrected chi connectivity index (χ2v) is 13.4. The summed E-state index contributed by atoms with van der Waals surface area (Å²) in [7, 11) is 6.75. The van der Waals surface area contributed by atoms with E-state index in [1.54, 1.807) is 0 Å². The molecule has 3 aromatic rings. The van der Waals surface area contributed by atoms with Gasteiger partial charge in [0.25, 0.3) is 0 Å². The van der Waals surface area contributed by atoms with Gasteiger partial charge in [0.15, 0.2) is 0 Å². The summed E-state index contributed by atoms with van der Waals surface area (Å²) in [6, 6.07) is 23.9. The molecule has 4 heteroatoms. The normalized spacial score (nSPS) is 13.9. The molecule has 0 amide bonds. The van der Waals surface area contributed by atoms with Crippen molar-refractivity contribution >= 4 is 31.2 Å². The van der Waals surface area contributed by atoms with Gasteiger partial charge in [0.05, 0.1) is 0 Å². The molecule has 40 heavy (non-hydrogen) atoms. The first kappa shape index (κ1) is 32.3. The zero-order valence-corrected chi connectivity index (χ0v) is 28.1. The Kier molecular flexibility index (Phi) is 12.3. The van der Waals surface area contributed by atoms with Crippen molar-refractivity contribution in [2.24, 2.45) is 0 Å². The number of allylic oxidation sites excluding steroid dienone is 1. The van der Waals surface area contributed by atoms with Crippen molar-refractivity contribution in [1.82, 2.24) is 0 Å². The molecule has 2 nitrogen and oxygen atoms in total. The van der Waals surface area contributed by atoms with E-state index in [-0.39, 0.29) is 16.5 Å². The van der Waals surface area contributed by atoms with Gasteiger partial charge in [0.2, 0.25) is 0 Å². The fraction of sp³-hybridized carbons (Fsp3) is 0.417. The van der Waals surface area contributed by atoms with Crippen LogP contribution in [0.15, 0.2) is 72.8 Å². The molecule has 0 atom stereocenters. The summed E-state index contributed by atoms with van der Waals surface area (Å²) < 4.78 is 1.26. The number of nitrogens with zero attached hydrogens (tertiary/aromatic N) is 2. The molecular weight excluding hydrogens is 602 g/mol. The zero-order valence-electron chi connectivity index (χ0n) is 25.8. The molecule has 1 fully saturated rings. The van der Waals surface area contributed by atoms with Crippen LogP contribution in [0.3, 0.4) is 0 Å². The molecule has 0 spiro atoms. The topological polar surface area (TPSA) is 6.48 Å². The smallest absolute Gasteiger partial charge is 0.0260 e. The number of benzene rings is 3. The van der Waals surface area contributed by atoms with Gasteiger partial charge in [0, 0.05) is 0 Å². The third-order valence-corrected chi connectivity index (χ3v) is 9.13. The summed E-state index contributed by atoms with van der Waals surface area (Å²) in [6.07, 6.45) is 4.12. The predicted octanol–water partition coefficient (Wildman–Crippen LogP) is 10.6. The summed E-state index contributed by atoms with van der Waals surface area (Å²) in [5.41, 5.74) is 9.72. The van der Waals surface area contributed by atoms with Crippen LogP contribution < -0.4 is 9.80 Å². The van der Waals surface area contributed by atoms with Gasteiger partial charge < -0.3 is 0 Å². The summed E-state index contributed by atoms with van der Waals surface area (Å²) in [6.45, 7) is 22.4. The molecule has 1 aliphatic heterocycles. The molecule has 1 saturated heterocycles. The van der Waals surface area contributed by atoms with Gasteiger partial charge in [-0.15, -0.1) is 0 Å². The van der Waals surface area contributed by atoms with Crippen molar-refractivity contribution in [1.29, 1.82) is 0 Å². The second-order valence-electron chi connectivity index (χ2n) is 11.7. The van der Waals surface area contributed by atoms with Crippen molar-refractivity contribution < 1.29 is 16.5 Å². The molecule has 0 unspecified atom stereocenters. The Hall–Kier alpha value is -2.18. The quantitative estimate of drug-likeness (QED) is 0.235. The van der Waals surface area contributed by atoms with Crippen molar-refractivity contribution in [3.05, 3.63) is 101 Å². The summed E-state index contributed by atoms with van der Waals surface area (Å²) in [4.78, 5) is 5.07. The van der Waals surface area contributed by atoms with Crippen LogP contribution in [0.4, 0.5) is 11.4 Å². The molecule has 0 bridgehead atoms. The molecule has 0 radical (unpaired) electrons. The van der Waals surface area contributed by atoms with E-state index in [0.717, 1.165) is 13.1 Å². The second kappa shape index (κ2) is 15.2. The molecule has 0 aromatic heterocycles. The Morgan fingerprint density at radius 3 is 1.27 bits per heavy atom. The van der Waals surface area contributed by atoms with Crippen molar-refractivity contribution in [3.63, 3.8) is 0 Å². The first-order valence-electron chi connectivity index (χ1n) is 14.7. The maximum atomic E-state index is 6.75. The minimum absolute atomic E-state index is 0.00384. The van der Waals surface area contributed by atoms with Gasteiger partial charge in [-0.1, -0.05) is 42.5 Å². The molecule has 219 valence electrons. The first-order valence-corrected chi connectivity index (χ1v) is 17.5. The minimum atomic E-state index is -0.00384. The molecule has 1 aliphatic rings. The Morgan fingerprint density at radius 2 is 0.975 bits per heavy atom. The first-order chi connectivity index (χ1) is 19.1. The van der Waals surface area contributed by atoms with Crippen LogP contribution in [0.1, 0.15) is 114 Å². The Morgan fingerprint density at radius 1 is 0.600 bits per heavy atom. The van der Waals surface area contributed by atoms with Crippen molar-refractivity contribution in [3.8, 4) is 0 Å². The van der Waals surface area contributed by atoms with Crippen molar-refractivity contribution in [2.45, 2.75) is 86.0 Å². The predicted molar refractivity (Wildman–Crippen MR) is 176 cm³/mol. The van der Waals surface area contributed by atoms with E-state index in [0.29, 0.717) is 23.7 Å². The number of para-hydroxylation sites is 2. The van der Waals surface area contributed by atoms with E-state index in [1.807, 2.05) is 31.2 Å². The number of hydrogen-bond donors (Lipinski definition) is 0. The third kappa shape index (κ3) is 7.56. The van der Waals surface area contributed by atoms with Crippen LogP contribution in [-0.4, -0.2) is 17.3 Å². The number of anilines is 2. The van der Waals surface area contributed by atoms with Crippen LogP contribution in [0.5, 0.6) is 0 Å². The van der Waals surface area contributed by atoms with Gasteiger partial charge >= 0.3 is 202 Å². The maximum absolute atomic E-state index is 6.75. The Balaban J connectivity index is 0.000000415. The Bertz CT molecular complexity index is 1170. The van der Waals surface area contributed by atoms with E-state index in [1.165, 1.54) is 43.4 Å². The molecule has 0 N–H and O–H groups in total. The van der Waals surface area contributed by atoms with Crippen LogP contribution in [0, 0.1) is 0 Å². The maximum Gasteiger partial charge on any atom is -0.0260 e.